The third-order valence-corrected chi connectivity index (χ3v) is 3.26. The van der Waals surface area contributed by atoms with E-state index >= 15 is 0 Å². The molecule has 0 radical (unpaired) electrons. The fraction of sp³-hybridized carbons (Fsp3) is 0.250. The largest absolute Gasteiger partial charge is 0.460 e. The van der Waals surface area contributed by atoms with E-state index in [1.165, 1.54) is 18.2 Å². The van der Waals surface area contributed by atoms with Crippen LogP contribution in [-0.2, 0) is 0 Å². The quantitative estimate of drug-likeness (QED) is 0.617. The lowest BCUT2D eigenvalue weighted by molar-refractivity contribution is -0.328. The lowest BCUT2D eigenvalue weighted by atomic mass is 10.0. The van der Waals surface area contributed by atoms with Crippen molar-refractivity contribution in [3.63, 3.8) is 0 Å². The molecule has 0 fully saturated rings. The molecule has 1 nitrogen and oxygen atoms in total. The third-order valence-electron chi connectivity index (χ3n) is 3.26. The lowest BCUT2D eigenvalue weighted by Gasteiger charge is -2.23. The van der Waals surface area contributed by atoms with Gasteiger partial charge in [0.05, 0.1) is 0 Å². The maximum Gasteiger partial charge on any atom is 0.460 e. The molecule has 0 aliphatic heterocycles. The standard InChI is InChI=1S/C16H10F8O/c1-8-2-4-10(11(17)6-8)9-3-5-13(12(18)7-9)25-14(19)15(20,21)16(22,23)24/h2-7,14H,1H3. The van der Waals surface area contributed by atoms with Gasteiger partial charge in [-0.05, 0) is 36.2 Å². The Morgan fingerprint density at radius 3 is 2.04 bits per heavy atom. The van der Waals surface area contributed by atoms with Crippen LogP contribution in [0.25, 0.3) is 11.1 Å². The number of aryl methyl sites for hydroxylation is 1. The van der Waals surface area contributed by atoms with Crippen LogP contribution in [0.4, 0.5) is 35.1 Å². The van der Waals surface area contributed by atoms with Crippen LogP contribution in [0.1, 0.15) is 5.56 Å². The van der Waals surface area contributed by atoms with Crippen LogP contribution in [0.2, 0.25) is 0 Å². The van der Waals surface area contributed by atoms with Gasteiger partial charge in [0.25, 0.3) is 0 Å². The van der Waals surface area contributed by atoms with Crippen LogP contribution in [0, 0.1) is 18.6 Å². The molecule has 9 heteroatoms. The molecule has 0 saturated carbocycles. The van der Waals surface area contributed by atoms with Crippen molar-refractivity contribution in [2.45, 2.75) is 25.4 Å². The summed E-state index contributed by atoms with van der Waals surface area (Å²) in [6, 6.07) is 6.31. The number of ether oxygens (including phenoxy) is 1. The van der Waals surface area contributed by atoms with Crippen LogP contribution >= 0.6 is 0 Å². The Morgan fingerprint density at radius 1 is 0.880 bits per heavy atom. The second-order valence-electron chi connectivity index (χ2n) is 5.18. The monoisotopic (exact) mass is 370 g/mol. The number of halogens is 8. The number of hydrogen-bond donors (Lipinski definition) is 0. The van der Waals surface area contributed by atoms with Crippen LogP contribution in [-0.4, -0.2) is 18.5 Å². The number of benzene rings is 2. The topological polar surface area (TPSA) is 9.23 Å². The molecule has 2 aromatic carbocycles. The predicted octanol–water partition coefficient (Wildman–Crippen LogP) is 5.81. The molecule has 0 bridgehead atoms. The van der Waals surface area contributed by atoms with Crippen LogP contribution in [0.3, 0.4) is 0 Å². The number of rotatable bonds is 4. The molecule has 2 rings (SSSR count). The molecule has 1 unspecified atom stereocenters. The van der Waals surface area contributed by atoms with E-state index in [1.54, 1.807) is 6.92 Å². The molecule has 0 N–H and O–H groups in total. The summed E-state index contributed by atoms with van der Waals surface area (Å²) in [5.74, 6) is -9.09. The Balaban J connectivity index is 2.28. The van der Waals surface area contributed by atoms with Crippen molar-refractivity contribution in [1.82, 2.24) is 0 Å². The van der Waals surface area contributed by atoms with Gasteiger partial charge in [0.2, 0.25) is 0 Å². The van der Waals surface area contributed by atoms with Gasteiger partial charge < -0.3 is 4.74 Å². The molecule has 2 aromatic rings. The first kappa shape index (κ1) is 19.0. The first-order chi connectivity index (χ1) is 11.4. The van der Waals surface area contributed by atoms with Gasteiger partial charge in [-0.2, -0.15) is 26.3 Å². The maximum absolute atomic E-state index is 13.9. The van der Waals surface area contributed by atoms with Gasteiger partial charge >= 0.3 is 18.5 Å². The average molecular weight is 370 g/mol. The summed E-state index contributed by atoms with van der Waals surface area (Å²) in [4.78, 5) is 0. The van der Waals surface area contributed by atoms with Crippen molar-refractivity contribution in [3.8, 4) is 16.9 Å². The SMILES string of the molecule is Cc1ccc(-c2ccc(OC(F)C(F)(F)C(F)(F)F)c(F)c2)c(F)c1. The van der Waals surface area contributed by atoms with Crippen molar-refractivity contribution in [2.75, 3.05) is 0 Å². The van der Waals surface area contributed by atoms with Crippen LogP contribution in [0.15, 0.2) is 36.4 Å². The summed E-state index contributed by atoms with van der Waals surface area (Å²) in [6.07, 6.45) is -10.3. The lowest BCUT2D eigenvalue weighted by Crippen LogP contribution is -2.47. The average Bonchev–Trinajstić information content (AvgIpc) is 2.48. The van der Waals surface area contributed by atoms with Crippen molar-refractivity contribution < 1.29 is 39.9 Å². The summed E-state index contributed by atoms with van der Waals surface area (Å²) < 4.78 is 106. The minimum absolute atomic E-state index is 0.0275. The van der Waals surface area contributed by atoms with Crippen molar-refractivity contribution in [2.24, 2.45) is 0 Å². The highest BCUT2D eigenvalue weighted by Crippen LogP contribution is 2.40. The zero-order chi connectivity index (χ0) is 19.0. The molecule has 0 spiro atoms. The second kappa shape index (κ2) is 6.53. The molecule has 136 valence electrons. The minimum Gasteiger partial charge on any atom is -0.451 e. The predicted molar refractivity (Wildman–Crippen MR) is 73.1 cm³/mol. The first-order valence-corrected chi connectivity index (χ1v) is 6.75. The normalized spacial score (nSPS) is 13.6. The van der Waals surface area contributed by atoms with Crippen LogP contribution < -0.4 is 4.74 Å². The molecule has 0 aliphatic carbocycles. The van der Waals surface area contributed by atoms with E-state index in [9.17, 15) is 35.1 Å². The van der Waals surface area contributed by atoms with Crippen LogP contribution in [0.5, 0.6) is 5.75 Å². The van der Waals surface area contributed by atoms with Gasteiger partial charge in [0.1, 0.15) is 5.82 Å². The Labute approximate surface area is 136 Å². The molecule has 0 saturated heterocycles. The zero-order valence-corrected chi connectivity index (χ0v) is 12.5. The summed E-state index contributed by atoms with van der Waals surface area (Å²) in [5, 5.41) is 0. The highest BCUT2D eigenvalue weighted by Gasteiger charge is 2.65. The number of alkyl halides is 6. The summed E-state index contributed by atoms with van der Waals surface area (Å²) in [7, 11) is 0. The van der Waals surface area contributed by atoms with Crippen molar-refractivity contribution in [3.05, 3.63) is 53.6 Å². The summed E-state index contributed by atoms with van der Waals surface area (Å²) in [6.45, 7) is 1.62. The smallest absolute Gasteiger partial charge is 0.451 e. The van der Waals surface area contributed by atoms with Gasteiger partial charge in [-0.15, -0.1) is 0 Å². The minimum atomic E-state index is -6.20. The summed E-state index contributed by atoms with van der Waals surface area (Å²) in [5.41, 5.74) is 0.533. The fourth-order valence-electron chi connectivity index (χ4n) is 1.93. The molecular weight excluding hydrogens is 360 g/mol. The van der Waals surface area contributed by atoms with Crippen molar-refractivity contribution >= 4 is 0 Å². The Morgan fingerprint density at radius 2 is 1.52 bits per heavy atom. The third kappa shape index (κ3) is 3.85. The molecular formula is C16H10F8O. The van der Waals surface area contributed by atoms with E-state index in [0.29, 0.717) is 17.7 Å². The van der Waals surface area contributed by atoms with E-state index in [1.807, 2.05) is 0 Å². The van der Waals surface area contributed by atoms with E-state index in [2.05, 4.69) is 4.74 Å². The van der Waals surface area contributed by atoms with E-state index < -0.39 is 35.8 Å². The Kier molecular flexibility index (Phi) is 4.97. The molecule has 0 amide bonds. The summed E-state index contributed by atoms with van der Waals surface area (Å²) >= 11 is 0. The highest BCUT2D eigenvalue weighted by molar-refractivity contribution is 5.65. The van der Waals surface area contributed by atoms with Gasteiger partial charge in [-0.1, -0.05) is 18.2 Å². The second-order valence-corrected chi connectivity index (χ2v) is 5.18. The van der Waals surface area contributed by atoms with Gasteiger partial charge in [-0.3, -0.25) is 0 Å². The first-order valence-electron chi connectivity index (χ1n) is 6.75. The van der Waals surface area contributed by atoms with Crippen molar-refractivity contribution in [1.29, 1.82) is 0 Å². The molecule has 0 aromatic heterocycles. The molecule has 0 aliphatic rings. The Hall–Kier alpha value is -2.32. The van der Waals surface area contributed by atoms with Gasteiger partial charge in [0, 0.05) is 5.56 Å². The van der Waals surface area contributed by atoms with Gasteiger partial charge in [-0.25, -0.2) is 8.78 Å². The zero-order valence-electron chi connectivity index (χ0n) is 12.5. The Bertz CT molecular complexity index is 769. The molecule has 0 heterocycles. The van der Waals surface area contributed by atoms with E-state index in [-0.39, 0.29) is 11.1 Å². The molecule has 25 heavy (non-hydrogen) atoms. The van der Waals surface area contributed by atoms with E-state index in [0.717, 1.165) is 6.07 Å². The number of hydrogen-bond acceptors (Lipinski definition) is 1. The highest BCUT2D eigenvalue weighted by atomic mass is 19.4. The maximum atomic E-state index is 13.9. The van der Waals surface area contributed by atoms with E-state index in [4.69, 9.17) is 0 Å². The molecule has 1 atom stereocenters. The fourth-order valence-corrected chi connectivity index (χ4v) is 1.93. The van der Waals surface area contributed by atoms with Gasteiger partial charge in [0.15, 0.2) is 11.6 Å².